The Kier molecular flexibility index (Phi) is 6.23. The van der Waals surface area contributed by atoms with E-state index in [2.05, 4.69) is 0 Å². The normalized spacial score (nSPS) is 21.2. The largest absolute Gasteiger partial charge is 0.419 e. The average molecular weight is 345 g/mol. The molecule has 1 fully saturated rings. The molecule has 1 saturated heterocycles. The molecule has 0 radical (unpaired) electrons. The van der Waals surface area contributed by atoms with Gasteiger partial charge in [0, 0.05) is 26.0 Å². The number of aliphatic hydroxyl groups is 1. The molecule has 0 bridgehead atoms. The highest BCUT2D eigenvalue weighted by Gasteiger charge is 2.57. The van der Waals surface area contributed by atoms with Crippen LogP contribution in [0.3, 0.4) is 0 Å². The van der Waals surface area contributed by atoms with E-state index in [1.165, 1.54) is 0 Å². The minimum Gasteiger partial charge on any atom is -0.381 e. The third-order valence-electron chi connectivity index (χ3n) is 4.19. The Labute approximate surface area is 139 Å². The van der Waals surface area contributed by atoms with Gasteiger partial charge in [-0.2, -0.15) is 13.2 Å². The van der Waals surface area contributed by atoms with Crippen molar-refractivity contribution in [3.8, 4) is 0 Å². The molecule has 1 atom stereocenters. The van der Waals surface area contributed by atoms with Gasteiger partial charge in [0.15, 0.2) is 5.60 Å². The zero-order valence-electron chi connectivity index (χ0n) is 13.4. The summed E-state index contributed by atoms with van der Waals surface area (Å²) in [6, 6.07) is 9.84. The molecule has 0 saturated carbocycles. The first kappa shape index (κ1) is 18.7. The fraction of sp³-hybridized carbons (Fsp3) is 0.588. The topological polar surface area (TPSA) is 49.8 Å². The van der Waals surface area contributed by atoms with E-state index in [4.69, 9.17) is 4.74 Å². The second-order valence-electron chi connectivity index (χ2n) is 6.05. The van der Waals surface area contributed by atoms with Gasteiger partial charge >= 0.3 is 6.18 Å². The standard InChI is InChI=1S/C17H22F3NO3/c18-17(19,20)16(23)9-10-21(13-16)15(22)7-4-11-24-12-8-14-5-2-1-3-6-14/h1-3,5-6,23H,4,7-13H2/t16-/m0/s1. The second kappa shape index (κ2) is 7.98. The molecule has 4 nitrogen and oxygen atoms in total. The predicted octanol–water partition coefficient (Wildman–Crippen LogP) is 2.55. The van der Waals surface area contributed by atoms with Crippen LogP contribution in [0.4, 0.5) is 13.2 Å². The second-order valence-corrected chi connectivity index (χ2v) is 6.05. The predicted molar refractivity (Wildman–Crippen MR) is 82.4 cm³/mol. The first-order chi connectivity index (χ1) is 11.3. The molecular weight excluding hydrogens is 323 g/mol. The number of β-amino-alcohol motifs (C(OH)–C–C–N with tert-alkyl or cyclic N) is 1. The van der Waals surface area contributed by atoms with Gasteiger partial charge in [-0.15, -0.1) is 0 Å². The number of ether oxygens (including phenoxy) is 1. The van der Waals surface area contributed by atoms with Gasteiger partial charge in [0.2, 0.25) is 5.91 Å². The zero-order valence-corrected chi connectivity index (χ0v) is 13.4. The maximum absolute atomic E-state index is 12.7. The maximum Gasteiger partial charge on any atom is 0.419 e. The molecule has 1 amide bonds. The van der Waals surface area contributed by atoms with Crippen LogP contribution in [0.15, 0.2) is 30.3 Å². The Morgan fingerprint density at radius 1 is 1.25 bits per heavy atom. The minimum absolute atomic E-state index is 0.0658. The van der Waals surface area contributed by atoms with E-state index in [1.54, 1.807) is 0 Å². The van der Waals surface area contributed by atoms with E-state index in [-0.39, 0.29) is 18.9 Å². The van der Waals surface area contributed by atoms with Gasteiger partial charge in [0.1, 0.15) is 0 Å². The average Bonchev–Trinajstić information content (AvgIpc) is 2.95. The summed E-state index contributed by atoms with van der Waals surface area (Å²) in [5.41, 5.74) is -1.61. The van der Waals surface area contributed by atoms with Crippen LogP contribution in [0, 0.1) is 0 Å². The molecule has 1 aliphatic heterocycles. The summed E-state index contributed by atoms with van der Waals surface area (Å²) in [5.74, 6) is -0.373. The molecule has 1 heterocycles. The molecule has 24 heavy (non-hydrogen) atoms. The monoisotopic (exact) mass is 345 g/mol. The molecule has 2 rings (SSSR count). The molecule has 1 N–H and O–H groups in total. The van der Waals surface area contributed by atoms with Crippen LogP contribution < -0.4 is 0 Å². The number of alkyl halides is 3. The van der Waals surface area contributed by atoms with Crippen LogP contribution in [0.25, 0.3) is 0 Å². The van der Waals surface area contributed by atoms with Gasteiger partial charge in [-0.3, -0.25) is 4.79 Å². The van der Waals surface area contributed by atoms with Crippen molar-refractivity contribution >= 4 is 5.91 Å². The molecule has 0 unspecified atom stereocenters. The van der Waals surface area contributed by atoms with Crippen molar-refractivity contribution in [3.63, 3.8) is 0 Å². The van der Waals surface area contributed by atoms with Crippen LogP contribution >= 0.6 is 0 Å². The Balaban J connectivity index is 1.60. The highest BCUT2D eigenvalue weighted by molar-refractivity contribution is 5.76. The summed E-state index contributed by atoms with van der Waals surface area (Å²) >= 11 is 0. The number of carbonyl (C=O) groups is 1. The highest BCUT2D eigenvalue weighted by atomic mass is 19.4. The molecule has 7 heteroatoms. The number of nitrogens with zero attached hydrogens (tertiary/aromatic N) is 1. The molecule has 0 spiro atoms. The molecule has 134 valence electrons. The number of rotatable bonds is 7. The number of carbonyl (C=O) groups excluding carboxylic acids is 1. The molecule has 1 aromatic carbocycles. The summed E-state index contributed by atoms with van der Waals surface area (Å²) in [4.78, 5) is 13.0. The highest BCUT2D eigenvalue weighted by Crippen LogP contribution is 2.37. The van der Waals surface area contributed by atoms with Crippen LogP contribution in [0.1, 0.15) is 24.8 Å². The van der Waals surface area contributed by atoms with Crippen molar-refractivity contribution in [3.05, 3.63) is 35.9 Å². The number of likely N-dealkylation sites (tertiary alicyclic amines) is 1. The van der Waals surface area contributed by atoms with Crippen LogP contribution in [0.5, 0.6) is 0 Å². The first-order valence-electron chi connectivity index (χ1n) is 8.00. The molecular formula is C17H22F3NO3. The number of halogens is 3. The summed E-state index contributed by atoms with van der Waals surface area (Å²) < 4.78 is 43.6. The Hall–Kier alpha value is -1.60. The molecule has 1 aliphatic rings. The minimum atomic E-state index is -4.71. The molecule has 1 aromatic rings. The van der Waals surface area contributed by atoms with Gasteiger partial charge in [-0.1, -0.05) is 30.3 Å². The lowest BCUT2D eigenvalue weighted by atomic mass is 10.0. The van der Waals surface area contributed by atoms with E-state index < -0.39 is 24.7 Å². The summed E-state index contributed by atoms with van der Waals surface area (Å²) in [6.07, 6.45) is -3.81. The Morgan fingerprint density at radius 2 is 1.96 bits per heavy atom. The third-order valence-corrected chi connectivity index (χ3v) is 4.19. The van der Waals surface area contributed by atoms with Crippen LogP contribution in [-0.4, -0.2) is 54.0 Å². The fourth-order valence-electron chi connectivity index (χ4n) is 2.66. The van der Waals surface area contributed by atoms with Crippen molar-refractivity contribution in [1.82, 2.24) is 4.90 Å². The van der Waals surface area contributed by atoms with E-state index in [0.717, 1.165) is 16.9 Å². The van der Waals surface area contributed by atoms with E-state index in [1.807, 2.05) is 30.3 Å². The zero-order chi connectivity index (χ0) is 17.6. The third kappa shape index (κ3) is 4.95. The lowest BCUT2D eigenvalue weighted by Crippen LogP contribution is -2.48. The molecule has 0 aromatic heterocycles. The summed E-state index contributed by atoms with van der Waals surface area (Å²) in [5, 5.41) is 9.55. The Bertz CT molecular complexity index is 536. The SMILES string of the molecule is O=C(CCCOCCc1ccccc1)N1CC[C@@](O)(C(F)(F)F)C1. The fourth-order valence-corrected chi connectivity index (χ4v) is 2.66. The lowest BCUT2D eigenvalue weighted by Gasteiger charge is -2.25. The van der Waals surface area contributed by atoms with Crippen molar-refractivity contribution in [2.24, 2.45) is 0 Å². The quantitative estimate of drug-likeness (QED) is 0.773. The van der Waals surface area contributed by atoms with Gasteiger partial charge in [-0.05, 0) is 18.4 Å². The smallest absolute Gasteiger partial charge is 0.381 e. The maximum atomic E-state index is 12.7. The van der Waals surface area contributed by atoms with Gasteiger partial charge in [0.05, 0.1) is 13.2 Å². The number of hydrogen-bond acceptors (Lipinski definition) is 3. The van der Waals surface area contributed by atoms with E-state index in [9.17, 15) is 23.1 Å². The number of benzene rings is 1. The summed E-state index contributed by atoms with van der Waals surface area (Å²) in [7, 11) is 0. The van der Waals surface area contributed by atoms with Gasteiger partial charge in [-0.25, -0.2) is 0 Å². The van der Waals surface area contributed by atoms with Crippen molar-refractivity contribution in [1.29, 1.82) is 0 Å². The molecule has 0 aliphatic carbocycles. The van der Waals surface area contributed by atoms with Crippen LogP contribution in [0.2, 0.25) is 0 Å². The van der Waals surface area contributed by atoms with Crippen molar-refractivity contribution in [2.75, 3.05) is 26.3 Å². The number of hydrogen-bond donors (Lipinski definition) is 1. The Morgan fingerprint density at radius 3 is 2.58 bits per heavy atom. The van der Waals surface area contributed by atoms with Crippen molar-refractivity contribution in [2.45, 2.75) is 37.5 Å². The number of amides is 1. The van der Waals surface area contributed by atoms with Crippen LogP contribution in [-0.2, 0) is 16.0 Å². The lowest BCUT2D eigenvalue weighted by molar-refractivity contribution is -0.253. The van der Waals surface area contributed by atoms with E-state index in [0.29, 0.717) is 19.6 Å². The summed E-state index contributed by atoms with van der Waals surface area (Å²) in [6.45, 7) is 0.180. The van der Waals surface area contributed by atoms with Gasteiger partial charge < -0.3 is 14.7 Å². The van der Waals surface area contributed by atoms with E-state index >= 15 is 0 Å². The van der Waals surface area contributed by atoms with Crippen molar-refractivity contribution < 1.29 is 27.8 Å². The van der Waals surface area contributed by atoms with Gasteiger partial charge in [0.25, 0.3) is 0 Å². The first-order valence-corrected chi connectivity index (χ1v) is 8.00.